The van der Waals surface area contributed by atoms with Crippen LogP contribution >= 0.6 is 0 Å². The first kappa shape index (κ1) is 28.5. The van der Waals surface area contributed by atoms with Crippen LogP contribution in [0.2, 0.25) is 0 Å². The number of fused-ring (bicyclic) bond motifs is 2. The second-order valence-corrected chi connectivity index (χ2v) is 10.1. The summed E-state index contributed by atoms with van der Waals surface area (Å²) >= 11 is 0. The minimum absolute atomic E-state index is 0.0579. The topological polar surface area (TPSA) is 89.5 Å². The Hall–Kier alpha value is -3.46. The number of methoxy groups -OCH3 is 2. The Kier molecular flexibility index (Phi) is 9.22. The fourth-order valence-corrected chi connectivity index (χ4v) is 4.80. The molecule has 4 rings (SSSR count). The third kappa shape index (κ3) is 7.15. The zero-order valence-corrected chi connectivity index (χ0v) is 23.0. The average Bonchev–Trinajstić information content (AvgIpc) is 3.23. The molecule has 0 saturated carbocycles. The molecular formula is C31H36O8. The van der Waals surface area contributed by atoms with E-state index in [4.69, 9.17) is 28.4 Å². The molecule has 2 aromatic carbocycles. The molecule has 0 spiro atoms. The molecule has 8 nitrogen and oxygen atoms in total. The van der Waals surface area contributed by atoms with Gasteiger partial charge in [0, 0.05) is 19.1 Å². The Morgan fingerprint density at radius 1 is 1.03 bits per heavy atom. The molecule has 8 heteroatoms. The molecule has 0 aliphatic carbocycles. The van der Waals surface area contributed by atoms with Gasteiger partial charge in [-0.25, -0.2) is 4.79 Å². The van der Waals surface area contributed by atoms with Gasteiger partial charge < -0.3 is 28.4 Å². The molecule has 0 aromatic heterocycles. The maximum Gasteiger partial charge on any atom is 0.342 e. The number of cyclic esters (lactones) is 1. The highest BCUT2D eigenvalue weighted by molar-refractivity contribution is 5.97. The van der Waals surface area contributed by atoms with Crippen molar-refractivity contribution in [1.29, 1.82) is 0 Å². The van der Waals surface area contributed by atoms with Gasteiger partial charge in [-0.05, 0) is 56.9 Å². The van der Waals surface area contributed by atoms with Gasteiger partial charge >= 0.3 is 5.97 Å². The summed E-state index contributed by atoms with van der Waals surface area (Å²) in [6.45, 7) is 5.35. The minimum Gasteiger partial charge on any atom is -0.497 e. The highest BCUT2D eigenvalue weighted by Gasteiger charge is 2.43. The molecule has 2 aromatic rings. The molecule has 2 heterocycles. The molecule has 0 bridgehead atoms. The van der Waals surface area contributed by atoms with Gasteiger partial charge in [0.15, 0.2) is 18.4 Å². The summed E-state index contributed by atoms with van der Waals surface area (Å²) < 4.78 is 34.4. The van der Waals surface area contributed by atoms with Crippen LogP contribution in [0.5, 0.6) is 11.5 Å². The van der Waals surface area contributed by atoms with Crippen LogP contribution in [0.3, 0.4) is 0 Å². The summed E-state index contributed by atoms with van der Waals surface area (Å²) in [5, 5.41) is 0. The first-order chi connectivity index (χ1) is 18.7. The van der Waals surface area contributed by atoms with E-state index in [1.807, 2.05) is 43.3 Å². The zero-order chi connectivity index (χ0) is 28.0. The molecule has 39 heavy (non-hydrogen) atoms. The summed E-state index contributed by atoms with van der Waals surface area (Å²) in [6.07, 6.45) is 6.10. The highest BCUT2D eigenvalue weighted by atomic mass is 16.8. The first-order valence-corrected chi connectivity index (χ1v) is 13.0. The summed E-state index contributed by atoms with van der Waals surface area (Å²) in [5.41, 5.74) is 1.86. The summed E-state index contributed by atoms with van der Waals surface area (Å²) in [4.78, 5) is 26.9. The van der Waals surface area contributed by atoms with Crippen molar-refractivity contribution in [2.24, 2.45) is 5.92 Å². The van der Waals surface area contributed by atoms with Crippen molar-refractivity contribution in [3.63, 3.8) is 0 Å². The Morgan fingerprint density at radius 2 is 1.79 bits per heavy atom. The quantitative estimate of drug-likeness (QED) is 0.370. The highest BCUT2D eigenvalue weighted by Crippen LogP contribution is 2.34. The number of carbonyl (C=O) groups excluding carboxylic acids is 2. The Morgan fingerprint density at radius 3 is 2.51 bits per heavy atom. The molecule has 0 radical (unpaired) electrons. The van der Waals surface area contributed by atoms with Gasteiger partial charge in [0.1, 0.15) is 29.3 Å². The predicted octanol–water partition coefficient (Wildman–Crippen LogP) is 5.14. The van der Waals surface area contributed by atoms with Gasteiger partial charge in [-0.3, -0.25) is 4.79 Å². The number of hydrogen-bond donors (Lipinski definition) is 0. The monoisotopic (exact) mass is 536 g/mol. The van der Waals surface area contributed by atoms with Crippen molar-refractivity contribution < 1.29 is 38.0 Å². The van der Waals surface area contributed by atoms with E-state index in [1.54, 1.807) is 38.1 Å². The lowest BCUT2D eigenvalue weighted by Gasteiger charge is -2.23. The Bertz CT molecular complexity index is 1220. The van der Waals surface area contributed by atoms with Crippen LogP contribution in [0, 0.1) is 5.92 Å². The molecule has 0 unspecified atom stereocenters. The van der Waals surface area contributed by atoms with Gasteiger partial charge in [0.05, 0.1) is 13.2 Å². The molecule has 2 aliphatic heterocycles. The molecule has 0 N–H and O–H groups in total. The van der Waals surface area contributed by atoms with Crippen LogP contribution in [0.4, 0.5) is 0 Å². The number of carbonyl (C=O) groups is 2. The van der Waals surface area contributed by atoms with E-state index in [0.717, 1.165) is 5.56 Å². The number of benzene rings is 2. The molecule has 2 aliphatic rings. The van der Waals surface area contributed by atoms with Crippen LogP contribution < -0.4 is 9.47 Å². The number of ether oxygens (including phenoxy) is 6. The largest absolute Gasteiger partial charge is 0.497 e. The van der Waals surface area contributed by atoms with Crippen LogP contribution in [0.25, 0.3) is 6.08 Å². The third-order valence-corrected chi connectivity index (χ3v) is 6.73. The van der Waals surface area contributed by atoms with Gasteiger partial charge in [-0.15, -0.1) is 0 Å². The number of hydrogen-bond acceptors (Lipinski definition) is 8. The maximum atomic E-state index is 13.6. The molecule has 4 atom stereocenters. The van der Waals surface area contributed by atoms with Crippen molar-refractivity contribution in [3.05, 3.63) is 77.4 Å². The van der Waals surface area contributed by atoms with E-state index in [2.05, 4.69) is 0 Å². The van der Waals surface area contributed by atoms with Crippen LogP contribution in [0.1, 0.15) is 48.7 Å². The van der Waals surface area contributed by atoms with E-state index in [0.29, 0.717) is 24.2 Å². The first-order valence-electron chi connectivity index (χ1n) is 13.0. The van der Waals surface area contributed by atoms with Gasteiger partial charge in [0.25, 0.3) is 0 Å². The molecular weight excluding hydrogens is 500 g/mol. The second-order valence-electron chi connectivity index (χ2n) is 10.1. The third-order valence-electron chi connectivity index (χ3n) is 6.73. The van der Waals surface area contributed by atoms with Crippen LogP contribution in [0.15, 0.2) is 60.7 Å². The maximum absolute atomic E-state index is 13.6. The summed E-state index contributed by atoms with van der Waals surface area (Å²) in [6, 6.07) is 13.2. The summed E-state index contributed by atoms with van der Waals surface area (Å²) in [5.74, 6) is -1.14. The van der Waals surface area contributed by atoms with E-state index < -0.39 is 30.1 Å². The number of rotatable bonds is 6. The predicted molar refractivity (Wildman–Crippen MR) is 146 cm³/mol. The Labute approximate surface area is 229 Å². The zero-order valence-electron chi connectivity index (χ0n) is 23.0. The van der Waals surface area contributed by atoms with E-state index in [-0.39, 0.29) is 29.8 Å². The normalized spacial score (nSPS) is 26.5. The van der Waals surface area contributed by atoms with Crippen molar-refractivity contribution in [2.75, 3.05) is 21.0 Å². The van der Waals surface area contributed by atoms with Crippen molar-refractivity contribution in [1.82, 2.24) is 0 Å². The van der Waals surface area contributed by atoms with Crippen molar-refractivity contribution in [3.8, 4) is 11.5 Å². The second kappa shape index (κ2) is 12.6. The Balaban J connectivity index is 1.78. The lowest BCUT2D eigenvalue weighted by molar-refractivity contribution is -0.152. The molecule has 0 amide bonds. The molecule has 1 saturated heterocycles. The average molecular weight is 537 g/mol. The van der Waals surface area contributed by atoms with Crippen molar-refractivity contribution in [2.45, 2.75) is 57.7 Å². The van der Waals surface area contributed by atoms with Crippen LogP contribution in [-0.4, -0.2) is 56.9 Å². The number of esters is 1. The van der Waals surface area contributed by atoms with E-state index in [1.165, 1.54) is 20.3 Å². The fourth-order valence-electron chi connectivity index (χ4n) is 4.80. The van der Waals surface area contributed by atoms with Crippen molar-refractivity contribution >= 4 is 17.8 Å². The van der Waals surface area contributed by atoms with E-state index >= 15 is 0 Å². The standard InChI is InChI=1S/C31H36O8/c1-20-22(16-21-10-7-6-8-11-21)14-15-25(32)29-26(38-31(2,3)39-29)13-9-12-23-17-24(35-5)18-27(36-19-34-4)28(23)30(33)37-20/h6-12,14-15,17-18,20,22,26,29H,13,16,19H2,1-5H3/b12-9+,15-14-/t20-,22-,26-,29+/m0/s1. The van der Waals surface area contributed by atoms with Gasteiger partial charge in [-0.2, -0.15) is 0 Å². The number of ketones is 1. The lowest BCUT2D eigenvalue weighted by Crippen LogP contribution is -2.31. The van der Waals surface area contributed by atoms with Gasteiger partial charge in [-0.1, -0.05) is 48.6 Å². The van der Waals surface area contributed by atoms with Gasteiger partial charge in [0.2, 0.25) is 0 Å². The van der Waals surface area contributed by atoms with Crippen LogP contribution in [-0.2, 0) is 30.2 Å². The lowest BCUT2D eigenvalue weighted by atomic mass is 9.93. The minimum atomic E-state index is -0.904. The fraction of sp³-hybridized carbons (Fsp3) is 0.419. The summed E-state index contributed by atoms with van der Waals surface area (Å²) in [7, 11) is 3.04. The smallest absolute Gasteiger partial charge is 0.342 e. The van der Waals surface area contributed by atoms with E-state index in [9.17, 15) is 9.59 Å². The molecule has 208 valence electrons. The molecule has 1 fully saturated rings. The SMILES string of the molecule is COCOc1cc(OC)cc2c1C(=O)O[C@@H](C)[C@H](Cc1ccccc1)/C=C\C(=O)[C@H]1OC(C)(C)O[C@H]1C/C=C/2.